The van der Waals surface area contributed by atoms with Gasteiger partial charge in [0, 0.05) is 12.5 Å². The quantitative estimate of drug-likeness (QED) is 0.820. The van der Waals surface area contributed by atoms with Crippen LogP contribution in [0.1, 0.15) is 65.7 Å². The molecule has 2 N–H and O–H groups in total. The first-order chi connectivity index (χ1) is 10.5. The van der Waals surface area contributed by atoms with Crippen molar-refractivity contribution in [3.8, 4) is 0 Å². The van der Waals surface area contributed by atoms with Gasteiger partial charge in [-0.3, -0.25) is 14.9 Å². The molecule has 4 atom stereocenters. The summed E-state index contributed by atoms with van der Waals surface area (Å²) in [4.78, 5) is 26.5. The third-order valence-electron chi connectivity index (χ3n) is 5.21. The molecule has 2 saturated heterocycles. The topological polar surface area (TPSA) is 61.4 Å². The lowest BCUT2D eigenvalue weighted by Crippen LogP contribution is -2.52. The summed E-state index contributed by atoms with van der Waals surface area (Å²) in [6.45, 7) is 6.86. The van der Waals surface area contributed by atoms with Crippen molar-refractivity contribution in [1.29, 1.82) is 0 Å². The van der Waals surface area contributed by atoms with Gasteiger partial charge in [-0.15, -0.1) is 0 Å². The van der Waals surface area contributed by atoms with E-state index in [9.17, 15) is 9.59 Å². The van der Waals surface area contributed by atoms with E-state index in [1.54, 1.807) is 0 Å². The Kier molecular flexibility index (Phi) is 6.24. The van der Waals surface area contributed by atoms with Gasteiger partial charge in [0.2, 0.25) is 11.8 Å². The minimum atomic E-state index is -0.154. The second-order valence-corrected chi connectivity index (χ2v) is 6.86. The predicted octanol–water partition coefficient (Wildman–Crippen LogP) is 2.02. The van der Waals surface area contributed by atoms with E-state index in [2.05, 4.69) is 24.5 Å². The van der Waals surface area contributed by atoms with Crippen LogP contribution < -0.4 is 10.6 Å². The van der Waals surface area contributed by atoms with E-state index in [0.29, 0.717) is 18.9 Å². The fourth-order valence-electron chi connectivity index (χ4n) is 3.63. The normalized spacial score (nSPS) is 32.7. The van der Waals surface area contributed by atoms with Crippen LogP contribution in [0.4, 0.5) is 0 Å². The molecule has 0 bridgehead atoms. The molecule has 0 spiro atoms. The third kappa shape index (κ3) is 4.00. The summed E-state index contributed by atoms with van der Waals surface area (Å²) in [5.41, 5.74) is 0. The largest absolute Gasteiger partial charge is 0.353 e. The molecule has 0 aromatic rings. The van der Waals surface area contributed by atoms with Crippen LogP contribution in [0.5, 0.6) is 0 Å². The number of nitrogens with zero attached hydrogens (tertiary/aromatic N) is 1. The van der Waals surface area contributed by atoms with E-state index in [1.165, 1.54) is 0 Å². The lowest BCUT2D eigenvalue weighted by Gasteiger charge is -2.37. The Bertz CT molecular complexity index is 399. The van der Waals surface area contributed by atoms with Crippen LogP contribution in [0, 0.1) is 5.92 Å². The van der Waals surface area contributed by atoms with Crippen LogP contribution in [0.15, 0.2) is 0 Å². The summed E-state index contributed by atoms with van der Waals surface area (Å²) in [5, 5.41) is 6.34. The molecule has 0 aromatic carbocycles. The van der Waals surface area contributed by atoms with Crippen LogP contribution in [0.3, 0.4) is 0 Å². The van der Waals surface area contributed by atoms with Crippen molar-refractivity contribution in [3.63, 3.8) is 0 Å². The Hall–Kier alpha value is -1.10. The molecule has 2 aliphatic rings. The van der Waals surface area contributed by atoms with Crippen LogP contribution in [-0.2, 0) is 9.59 Å². The maximum Gasteiger partial charge on any atom is 0.241 e. The van der Waals surface area contributed by atoms with Gasteiger partial charge >= 0.3 is 0 Å². The fraction of sp³-hybridized carbons (Fsp3) is 0.882. The molecule has 0 aliphatic carbocycles. The molecule has 5 heteroatoms. The SMILES string of the molecule is CCC(C)[C@@H]1CCCCCCC(=O)NC[C@H]2N[C@@H](C)C(=O)N21. The van der Waals surface area contributed by atoms with Gasteiger partial charge in [0.25, 0.3) is 0 Å². The van der Waals surface area contributed by atoms with E-state index in [0.717, 1.165) is 38.5 Å². The molecular weight excluding hydrogens is 278 g/mol. The van der Waals surface area contributed by atoms with Crippen molar-refractivity contribution in [3.05, 3.63) is 0 Å². The van der Waals surface area contributed by atoms with Crippen LogP contribution >= 0.6 is 0 Å². The molecule has 1 unspecified atom stereocenters. The summed E-state index contributed by atoms with van der Waals surface area (Å²) >= 11 is 0. The minimum Gasteiger partial charge on any atom is -0.353 e. The number of fused-ring (bicyclic) bond motifs is 1. The van der Waals surface area contributed by atoms with Crippen molar-refractivity contribution in [2.45, 2.75) is 84.0 Å². The van der Waals surface area contributed by atoms with E-state index < -0.39 is 0 Å². The van der Waals surface area contributed by atoms with E-state index in [4.69, 9.17) is 0 Å². The monoisotopic (exact) mass is 309 g/mol. The first kappa shape index (κ1) is 17.3. The summed E-state index contributed by atoms with van der Waals surface area (Å²) in [6, 6.07) is 0.120. The molecule has 126 valence electrons. The zero-order valence-electron chi connectivity index (χ0n) is 14.2. The molecule has 2 rings (SSSR count). The zero-order valence-corrected chi connectivity index (χ0v) is 14.2. The van der Waals surface area contributed by atoms with E-state index in [1.807, 2.05) is 11.8 Å². The van der Waals surface area contributed by atoms with E-state index >= 15 is 0 Å². The van der Waals surface area contributed by atoms with Crippen LogP contribution in [-0.4, -0.2) is 41.5 Å². The molecular formula is C17H31N3O2. The highest BCUT2D eigenvalue weighted by atomic mass is 16.2. The number of rotatable bonds is 2. The summed E-state index contributed by atoms with van der Waals surface area (Å²) < 4.78 is 0. The molecule has 2 heterocycles. The zero-order chi connectivity index (χ0) is 16.1. The second-order valence-electron chi connectivity index (χ2n) is 6.86. The Morgan fingerprint density at radius 2 is 1.95 bits per heavy atom. The molecule has 0 saturated carbocycles. The smallest absolute Gasteiger partial charge is 0.241 e. The average molecular weight is 309 g/mol. The third-order valence-corrected chi connectivity index (χ3v) is 5.21. The average Bonchev–Trinajstić information content (AvgIpc) is 2.78. The number of carbonyl (C=O) groups excluding carboxylic acids is 2. The second kappa shape index (κ2) is 7.95. The van der Waals surface area contributed by atoms with E-state index in [-0.39, 0.29) is 30.1 Å². The maximum absolute atomic E-state index is 12.6. The number of carbonyl (C=O) groups is 2. The van der Waals surface area contributed by atoms with Crippen molar-refractivity contribution in [1.82, 2.24) is 15.5 Å². The van der Waals surface area contributed by atoms with Gasteiger partial charge in [-0.2, -0.15) is 0 Å². The van der Waals surface area contributed by atoms with Gasteiger partial charge in [0.05, 0.1) is 12.6 Å². The van der Waals surface area contributed by atoms with Gasteiger partial charge < -0.3 is 10.2 Å². The summed E-state index contributed by atoms with van der Waals surface area (Å²) in [6.07, 6.45) is 7.04. The van der Waals surface area contributed by atoms with Crippen molar-refractivity contribution >= 4 is 11.8 Å². The Morgan fingerprint density at radius 3 is 2.68 bits per heavy atom. The van der Waals surface area contributed by atoms with Crippen molar-refractivity contribution in [2.24, 2.45) is 5.92 Å². The van der Waals surface area contributed by atoms with Gasteiger partial charge in [-0.05, 0) is 25.7 Å². The highest BCUT2D eigenvalue weighted by Gasteiger charge is 2.41. The highest BCUT2D eigenvalue weighted by molar-refractivity contribution is 5.84. The lowest BCUT2D eigenvalue weighted by molar-refractivity contribution is -0.134. The minimum absolute atomic E-state index is 0.0649. The first-order valence-electron chi connectivity index (χ1n) is 8.89. The fourth-order valence-corrected chi connectivity index (χ4v) is 3.63. The number of nitrogens with one attached hydrogen (secondary N) is 2. The summed E-state index contributed by atoms with van der Waals surface area (Å²) in [5.74, 6) is 0.771. The van der Waals surface area contributed by atoms with Gasteiger partial charge in [0.15, 0.2) is 0 Å². The number of hydrogen-bond acceptors (Lipinski definition) is 3. The van der Waals surface area contributed by atoms with Crippen LogP contribution in [0.2, 0.25) is 0 Å². The van der Waals surface area contributed by atoms with Gasteiger partial charge in [0.1, 0.15) is 6.17 Å². The highest BCUT2D eigenvalue weighted by Crippen LogP contribution is 2.26. The molecule has 22 heavy (non-hydrogen) atoms. The molecule has 5 nitrogen and oxygen atoms in total. The Labute approximate surface area is 134 Å². The first-order valence-corrected chi connectivity index (χ1v) is 8.89. The summed E-state index contributed by atoms with van der Waals surface area (Å²) in [7, 11) is 0. The standard InChI is InChI=1S/C17H31N3O2/c1-4-12(2)14-9-7-5-6-8-10-16(21)18-11-15-19-13(3)17(22)20(14)15/h12-15,19H,4-11H2,1-3H3,(H,18,21)/t12?,13-,14-,15-/m0/s1. The molecule has 2 aliphatic heterocycles. The van der Waals surface area contributed by atoms with Crippen molar-refractivity contribution in [2.75, 3.05) is 6.54 Å². The van der Waals surface area contributed by atoms with Gasteiger partial charge in [-0.1, -0.05) is 39.5 Å². The predicted molar refractivity (Wildman–Crippen MR) is 87.2 cm³/mol. The molecule has 2 fully saturated rings. The molecule has 0 aromatic heterocycles. The molecule has 2 amide bonds. The van der Waals surface area contributed by atoms with Crippen molar-refractivity contribution < 1.29 is 9.59 Å². The Morgan fingerprint density at radius 1 is 1.23 bits per heavy atom. The number of hydrogen-bond donors (Lipinski definition) is 2. The maximum atomic E-state index is 12.6. The number of amides is 2. The molecule has 0 radical (unpaired) electrons. The van der Waals surface area contributed by atoms with Crippen LogP contribution in [0.25, 0.3) is 0 Å². The van der Waals surface area contributed by atoms with Gasteiger partial charge in [-0.25, -0.2) is 0 Å². The lowest BCUT2D eigenvalue weighted by atomic mass is 9.91. The Balaban J connectivity index is 2.18.